The molecule has 3 aromatic rings. The lowest BCUT2D eigenvalue weighted by Gasteiger charge is -2.14. The lowest BCUT2D eigenvalue weighted by atomic mass is 10.1. The SMILES string of the molecule is Cl.NCCCNC(=O)c1cn(Cc2ccccc2)c2cc(Cl)ccc2c1=O. The maximum atomic E-state index is 12.8. The first-order valence-corrected chi connectivity index (χ1v) is 8.83. The van der Waals surface area contributed by atoms with E-state index >= 15 is 0 Å². The molecule has 0 aliphatic carbocycles. The third-order valence-electron chi connectivity index (χ3n) is 4.15. The molecule has 0 unspecified atom stereocenters. The zero-order valence-corrected chi connectivity index (χ0v) is 16.2. The molecule has 2 aromatic carbocycles. The van der Waals surface area contributed by atoms with Crippen molar-refractivity contribution in [3.05, 3.63) is 81.1 Å². The van der Waals surface area contributed by atoms with Gasteiger partial charge in [-0.2, -0.15) is 0 Å². The maximum absolute atomic E-state index is 12.8. The van der Waals surface area contributed by atoms with Crippen molar-refractivity contribution in [2.24, 2.45) is 5.73 Å². The van der Waals surface area contributed by atoms with Gasteiger partial charge in [-0.3, -0.25) is 9.59 Å². The smallest absolute Gasteiger partial charge is 0.256 e. The van der Waals surface area contributed by atoms with Gasteiger partial charge >= 0.3 is 0 Å². The highest BCUT2D eigenvalue weighted by molar-refractivity contribution is 6.31. The number of halogens is 2. The minimum atomic E-state index is -0.387. The van der Waals surface area contributed by atoms with Gasteiger partial charge in [-0.1, -0.05) is 41.9 Å². The summed E-state index contributed by atoms with van der Waals surface area (Å²) in [6.45, 7) is 1.45. The number of carbonyl (C=O) groups excluding carboxylic acids is 1. The molecule has 27 heavy (non-hydrogen) atoms. The number of pyridine rings is 1. The summed E-state index contributed by atoms with van der Waals surface area (Å²) >= 11 is 6.13. The monoisotopic (exact) mass is 405 g/mol. The fourth-order valence-corrected chi connectivity index (χ4v) is 3.00. The van der Waals surface area contributed by atoms with Gasteiger partial charge in [0.1, 0.15) is 5.56 Å². The summed E-state index contributed by atoms with van der Waals surface area (Å²) in [6, 6.07) is 14.9. The largest absolute Gasteiger partial charge is 0.352 e. The van der Waals surface area contributed by atoms with Crippen molar-refractivity contribution >= 4 is 40.8 Å². The molecular formula is C20H21Cl2N3O2. The molecule has 1 amide bonds. The first-order valence-electron chi connectivity index (χ1n) is 8.45. The van der Waals surface area contributed by atoms with Crippen LogP contribution in [0.3, 0.4) is 0 Å². The summed E-state index contributed by atoms with van der Waals surface area (Å²) in [5.74, 6) is -0.387. The van der Waals surface area contributed by atoms with Crippen LogP contribution in [0.2, 0.25) is 5.02 Å². The van der Waals surface area contributed by atoms with Crippen LogP contribution in [0.15, 0.2) is 59.5 Å². The fraction of sp³-hybridized carbons (Fsp3) is 0.200. The van der Waals surface area contributed by atoms with Crippen LogP contribution in [-0.4, -0.2) is 23.6 Å². The molecular weight excluding hydrogens is 385 g/mol. The number of hydrogen-bond donors (Lipinski definition) is 2. The van der Waals surface area contributed by atoms with Gasteiger partial charge in [-0.15, -0.1) is 12.4 Å². The Balaban J connectivity index is 0.00000261. The summed E-state index contributed by atoms with van der Waals surface area (Å²) in [7, 11) is 0. The summed E-state index contributed by atoms with van der Waals surface area (Å²) in [4.78, 5) is 25.2. The predicted octanol–water partition coefficient (Wildman–Crippen LogP) is 3.20. The van der Waals surface area contributed by atoms with E-state index in [-0.39, 0.29) is 29.3 Å². The fourth-order valence-electron chi connectivity index (χ4n) is 2.84. The molecule has 0 saturated heterocycles. The van der Waals surface area contributed by atoms with Gasteiger partial charge < -0.3 is 15.6 Å². The normalized spacial score (nSPS) is 10.4. The molecule has 0 aliphatic heterocycles. The first kappa shape index (κ1) is 21.0. The molecule has 7 heteroatoms. The zero-order chi connectivity index (χ0) is 18.5. The van der Waals surface area contributed by atoms with E-state index in [4.69, 9.17) is 17.3 Å². The lowest BCUT2D eigenvalue weighted by molar-refractivity contribution is 0.0952. The van der Waals surface area contributed by atoms with E-state index in [2.05, 4.69) is 5.32 Å². The molecule has 0 saturated carbocycles. The van der Waals surface area contributed by atoms with Crippen LogP contribution < -0.4 is 16.5 Å². The first-order chi connectivity index (χ1) is 12.6. The van der Waals surface area contributed by atoms with E-state index < -0.39 is 0 Å². The highest BCUT2D eigenvalue weighted by Gasteiger charge is 2.15. The molecule has 0 bridgehead atoms. The van der Waals surface area contributed by atoms with Crippen LogP contribution >= 0.6 is 24.0 Å². The van der Waals surface area contributed by atoms with Crippen LogP contribution in [-0.2, 0) is 6.54 Å². The van der Waals surface area contributed by atoms with Crippen molar-refractivity contribution in [3.8, 4) is 0 Å². The van der Waals surface area contributed by atoms with E-state index in [9.17, 15) is 9.59 Å². The third kappa shape index (κ3) is 4.89. The molecule has 1 aromatic heterocycles. The Morgan fingerprint density at radius 1 is 1.15 bits per heavy atom. The summed E-state index contributed by atoms with van der Waals surface area (Å²) in [6.07, 6.45) is 2.26. The molecule has 0 spiro atoms. The van der Waals surface area contributed by atoms with E-state index in [1.807, 2.05) is 34.9 Å². The van der Waals surface area contributed by atoms with Crippen LogP contribution in [0, 0.1) is 0 Å². The number of nitrogens with zero attached hydrogens (tertiary/aromatic N) is 1. The standard InChI is InChI=1S/C20H20ClN3O2.ClH/c21-15-7-8-16-18(11-15)24(12-14-5-2-1-3-6-14)13-17(19(16)25)20(26)23-10-4-9-22;/h1-3,5-8,11,13H,4,9-10,12,22H2,(H,23,26);1H. The molecule has 0 fully saturated rings. The van der Waals surface area contributed by atoms with E-state index in [0.29, 0.717) is 42.0 Å². The van der Waals surface area contributed by atoms with Crippen molar-refractivity contribution in [2.75, 3.05) is 13.1 Å². The average Bonchev–Trinajstić information content (AvgIpc) is 2.65. The van der Waals surface area contributed by atoms with Gasteiger partial charge in [-0.05, 0) is 36.7 Å². The summed E-state index contributed by atoms with van der Waals surface area (Å²) in [5.41, 5.74) is 7.03. The maximum Gasteiger partial charge on any atom is 0.256 e. The second kappa shape index (κ2) is 9.55. The van der Waals surface area contributed by atoms with E-state index in [0.717, 1.165) is 5.56 Å². The highest BCUT2D eigenvalue weighted by atomic mass is 35.5. The number of nitrogens with two attached hydrogens (primary N) is 1. The number of hydrogen-bond acceptors (Lipinski definition) is 3. The molecule has 5 nitrogen and oxygen atoms in total. The van der Waals surface area contributed by atoms with Gasteiger partial charge in [0.05, 0.1) is 5.52 Å². The van der Waals surface area contributed by atoms with E-state index in [1.165, 1.54) is 0 Å². The Hall–Kier alpha value is -2.34. The zero-order valence-electron chi connectivity index (χ0n) is 14.7. The Kier molecular flexibility index (Phi) is 7.42. The van der Waals surface area contributed by atoms with Crippen LogP contribution in [0.4, 0.5) is 0 Å². The third-order valence-corrected chi connectivity index (χ3v) is 4.39. The molecule has 142 valence electrons. The Labute approximate surface area is 168 Å². The van der Waals surface area contributed by atoms with Crippen molar-refractivity contribution in [1.82, 2.24) is 9.88 Å². The average molecular weight is 406 g/mol. The Morgan fingerprint density at radius 3 is 2.59 bits per heavy atom. The van der Waals surface area contributed by atoms with Crippen LogP contribution in [0.25, 0.3) is 10.9 Å². The van der Waals surface area contributed by atoms with Gasteiger partial charge in [0, 0.05) is 29.7 Å². The molecule has 0 aliphatic rings. The van der Waals surface area contributed by atoms with Gasteiger partial charge in [0.2, 0.25) is 5.43 Å². The van der Waals surface area contributed by atoms with Crippen molar-refractivity contribution in [3.63, 3.8) is 0 Å². The Bertz CT molecular complexity index is 988. The van der Waals surface area contributed by atoms with Crippen LogP contribution in [0.1, 0.15) is 22.3 Å². The number of nitrogens with one attached hydrogen (secondary N) is 1. The number of fused-ring (bicyclic) bond motifs is 1. The molecule has 0 radical (unpaired) electrons. The topological polar surface area (TPSA) is 77.1 Å². The molecule has 3 N–H and O–H groups in total. The minimum absolute atomic E-state index is 0. The van der Waals surface area contributed by atoms with Gasteiger partial charge in [-0.25, -0.2) is 0 Å². The van der Waals surface area contributed by atoms with Crippen molar-refractivity contribution < 1.29 is 4.79 Å². The highest BCUT2D eigenvalue weighted by Crippen LogP contribution is 2.19. The lowest BCUT2D eigenvalue weighted by Crippen LogP contribution is -2.31. The number of rotatable bonds is 6. The molecule has 3 rings (SSSR count). The second-order valence-electron chi connectivity index (χ2n) is 6.04. The number of amides is 1. The summed E-state index contributed by atoms with van der Waals surface area (Å²) < 4.78 is 1.88. The van der Waals surface area contributed by atoms with Crippen LogP contribution in [0.5, 0.6) is 0 Å². The van der Waals surface area contributed by atoms with Gasteiger partial charge in [0.25, 0.3) is 5.91 Å². The minimum Gasteiger partial charge on any atom is -0.352 e. The second-order valence-corrected chi connectivity index (χ2v) is 6.48. The van der Waals surface area contributed by atoms with Gasteiger partial charge in [0.15, 0.2) is 0 Å². The molecule has 0 atom stereocenters. The number of aromatic nitrogens is 1. The van der Waals surface area contributed by atoms with E-state index in [1.54, 1.807) is 24.4 Å². The molecule has 1 heterocycles. The number of benzene rings is 2. The summed E-state index contributed by atoms with van der Waals surface area (Å²) in [5, 5.41) is 3.76. The van der Waals surface area contributed by atoms with Crippen molar-refractivity contribution in [1.29, 1.82) is 0 Å². The quantitative estimate of drug-likeness (QED) is 0.618. The number of carbonyl (C=O) groups is 1. The van der Waals surface area contributed by atoms with Crippen molar-refractivity contribution in [2.45, 2.75) is 13.0 Å². The predicted molar refractivity (Wildman–Crippen MR) is 112 cm³/mol. The Morgan fingerprint density at radius 2 is 1.89 bits per heavy atom.